The van der Waals surface area contributed by atoms with E-state index in [1.807, 2.05) is 31.1 Å². The summed E-state index contributed by atoms with van der Waals surface area (Å²) in [5.74, 6) is 0.00306. The van der Waals surface area contributed by atoms with Crippen LogP contribution >= 0.6 is 11.3 Å². The van der Waals surface area contributed by atoms with Crippen LogP contribution in [0.2, 0.25) is 0 Å². The molecule has 1 saturated heterocycles. The SMILES string of the molecule is CCOC1CC(N)(C(=O)N2CCOC(c3nccs3)C2)C1(C)C. The Kier molecular flexibility index (Phi) is 4.48. The highest BCUT2D eigenvalue weighted by Crippen LogP contribution is 2.50. The molecule has 128 valence electrons. The van der Waals surface area contributed by atoms with Gasteiger partial charge in [-0.15, -0.1) is 11.3 Å². The molecule has 1 amide bonds. The Bertz CT molecular complexity index is 563. The summed E-state index contributed by atoms with van der Waals surface area (Å²) < 4.78 is 11.5. The first-order valence-corrected chi connectivity index (χ1v) is 8.99. The summed E-state index contributed by atoms with van der Waals surface area (Å²) in [6, 6.07) is 0. The molecular formula is C16H25N3O3S. The molecule has 6 nitrogen and oxygen atoms in total. The predicted octanol–water partition coefficient (Wildman–Crippen LogP) is 1.58. The third-order valence-corrected chi connectivity index (χ3v) is 6.16. The van der Waals surface area contributed by atoms with Gasteiger partial charge in [-0.1, -0.05) is 13.8 Å². The molecule has 0 bridgehead atoms. The first-order valence-electron chi connectivity index (χ1n) is 8.11. The fourth-order valence-electron chi connectivity index (χ4n) is 3.46. The fourth-order valence-corrected chi connectivity index (χ4v) is 4.13. The molecule has 2 heterocycles. The number of amides is 1. The van der Waals surface area contributed by atoms with Crippen molar-refractivity contribution in [2.45, 2.75) is 44.9 Å². The Morgan fingerprint density at radius 3 is 3.00 bits per heavy atom. The Morgan fingerprint density at radius 2 is 2.39 bits per heavy atom. The number of nitrogens with two attached hydrogens (primary N) is 1. The van der Waals surface area contributed by atoms with E-state index in [2.05, 4.69) is 4.98 Å². The third kappa shape index (κ3) is 2.69. The van der Waals surface area contributed by atoms with Crippen molar-refractivity contribution in [1.82, 2.24) is 9.88 Å². The monoisotopic (exact) mass is 339 g/mol. The number of morpholine rings is 1. The van der Waals surface area contributed by atoms with Gasteiger partial charge in [-0.05, 0) is 6.92 Å². The van der Waals surface area contributed by atoms with Crippen molar-refractivity contribution in [3.8, 4) is 0 Å². The molecule has 1 aliphatic heterocycles. The van der Waals surface area contributed by atoms with Gasteiger partial charge in [0.25, 0.3) is 0 Å². The van der Waals surface area contributed by atoms with E-state index in [9.17, 15) is 4.79 Å². The number of carbonyl (C=O) groups excluding carboxylic acids is 1. The van der Waals surface area contributed by atoms with E-state index in [0.717, 1.165) is 5.01 Å². The van der Waals surface area contributed by atoms with Gasteiger partial charge < -0.3 is 20.1 Å². The van der Waals surface area contributed by atoms with Gasteiger partial charge in [0.05, 0.1) is 19.3 Å². The molecule has 23 heavy (non-hydrogen) atoms. The lowest BCUT2D eigenvalue weighted by Crippen LogP contribution is -2.76. The zero-order valence-corrected chi connectivity index (χ0v) is 14.8. The molecule has 1 aliphatic carbocycles. The molecule has 3 unspecified atom stereocenters. The Labute approximate surface area is 141 Å². The lowest BCUT2D eigenvalue weighted by molar-refractivity contribution is -0.184. The molecule has 1 aromatic rings. The minimum absolute atomic E-state index is 0.00306. The van der Waals surface area contributed by atoms with E-state index in [-0.39, 0.29) is 23.5 Å². The highest BCUT2D eigenvalue weighted by molar-refractivity contribution is 7.09. The van der Waals surface area contributed by atoms with Gasteiger partial charge in [-0.3, -0.25) is 4.79 Å². The summed E-state index contributed by atoms with van der Waals surface area (Å²) in [5.41, 5.74) is 5.29. The summed E-state index contributed by atoms with van der Waals surface area (Å²) in [7, 11) is 0. The standard InChI is InChI=1S/C16H25N3O3S/c1-4-21-12-9-16(17,15(12,2)3)14(20)19-6-7-22-11(10-19)13-18-5-8-23-13/h5,8,11-12H,4,6-7,9-10,17H2,1-3H3. The van der Waals surface area contributed by atoms with Gasteiger partial charge in [0, 0.05) is 36.6 Å². The van der Waals surface area contributed by atoms with E-state index in [4.69, 9.17) is 15.2 Å². The minimum Gasteiger partial charge on any atom is -0.378 e. The second-order valence-corrected chi connectivity index (χ2v) is 7.75. The number of ether oxygens (including phenoxy) is 2. The van der Waals surface area contributed by atoms with Gasteiger partial charge >= 0.3 is 0 Å². The Hall–Kier alpha value is -1.02. The zero-order chi connectivity index (χ0) is 16.7. The summed E-state index contributed by atoms with van der Waals surface area (Å²) in [6.07, 6.45) is 2.22. The number of rotatable bonds is 4. The average Bonchev–Trinajstić information content (AvgIpc) is 3.08. The normalized spacial score (nSPS) is 33.3. The molecule has 2 fully saturated rings. The van der Waals surface area contributed by atoms with Crippen LogP contribution in [0.1, 0.15) is 38.3 Å². The van der Waals surface area contributed by atoms with E-state index in [1.165, 1.54) is 0 Å². The fraction of sp³-hybridized carbons (Fsp3) is 0.750. The molecule has 3 rings (SSSR count). The second kappa shape index (κ2) is 6.12. The van der Waals surface area contributed by atoms with Gasteiger partial charge in [-0.2, -0.15) is 0 Å². The highest BCUT2D eigenvalue weighted by Gasteiger charge is 2.63. The van der Waals surface area contributed by atoms with Crippen molar-refractivity contribution >= 4 is 17.2 Å². The van der Waals surface area contributed by atoms with Crippen molar-refractivity contribution in [1.29, 1.82) is 0 Å². The maximum absolute atomic E-state index is 13.1. The van der Waals surface area contributed by atoms with E-state index in [0.29, 0.717) is 32.7 Å². The number of carbonyl (C=O) groups is 1. The molecule has 1 saturated carbocycles. The molecule has 1 aromatic heterocycles. The van der Waals surface area contributed by atoms with Gasteiger partial charge in [0.2, 0.25) is 5.91 Å². The second-order valence-electron chi connectivity index (χ2n) is 6.82. The van der Waals surface area contributed by atoms with Crippen LogP contribution in [0, 0.1) is 5.41 Å². The first kappa shape index (κ1) is 16.8. The van der Waals surface area contributed by atoms with E-state index in [1.54, 1.807) is 17.5 Å². The molecule has 2 N–H and O–H groups in total. The number of aromatic nitrogens is 1. The number of hydrogen-bond donors (Lipinski definition) is 1. The molecule has 0 radical (unpaired) electrons. The molecular weight excluding hydrogens is 314 g/mol. The van der Waals surface area contributed by atoms with Crippen molar-refractivity contribution in [2.75, 3.05) is 26.3 Å². The largest absolute Gasteiger partial charge is 0.378 e. The molecule has 0 aromatic carbocycles. The summed E-state index contributed by atoms with van der Waals surface area (Å²) in [5, 5.41) is 2.83. The van der Waals surface area contributed by atoms with Crippen molar-refractivity contribution < 1.29 is 14.3 Å². The summed E-state index contributed by atoms with van der Waals surface area (Å²) in [6.45, 7) is 8.26. The van der Waals surface area contributed by atoms with Crippen LogP contribution in [0.4, 0.5) is 0 Å². The van der Waals surface area contributed by atoms with Crippen LogP contribution in [0.3, 0.4) is 0 Å². The van der Waals surface area contributed by atoms with Crippen LogP contribution in [-0.2, 0) is 14.3 Å². The first-order chi connectivity index (χ1) is 10.9. The van der Waals surface area contributed by atoms with E-state index >= 15 is 0 Å². The van der Waals surface area contributed by atoms with Crippen LogP contribution < -0.4 is 5.73 Å². The zero-order valence-electron chi connectivity index (χ0n) is 13.9. The van der Waals surface area contributed by atoms with Gasteiger partial charge in [-0.25, -0.2) is 4.98 Å². The number of hydrogen-bond acceptors (Lipinski definition) is 6. The average molecular weight is 339 g/mol. The van der Waals surface area contributed by atoms with Crippen LogP contribution in [0.25, 0.3) is 0 Å². The van der Waals surface area contributed by atoms with Gasteiger partial charge in [0.15, 0.2) is 0 Å². The smallest absolute Gasteiger partial charge is 0.243 e. The molecule has 0 spiro atoms. The summed E-state index contributed by atoms with van der Waals surface area (Å²) in [4.78, 5) is 19.2. The van der Waals surface area contributed by atoms with Crippen LogP contribution in [0.15, 0.2) is 11.6 Å². The number of nitrogens with zero attached hydrogens (tertiary/aromatic N) is 2. The molecule has 3 atom stereocenters. The molecule has 7 heteroatoms. The third-order valence-electron chi connectivity index (χ3n) is 5.29. The molecule has 2 aliphatic rings. The quantitative estimate of drug-likeness (QED) is 0.901. The lowest BCUT2D eigenvalue weighted by atomic mass is 9.54. The highest BCUT2D eigenvalue weighted by atomic mass is 32.1. The lowest BCUT2D eigenvalue weighted by Gasteiger charge is -2.59. The number of thiazole rings is 1. The predicted molar refractivity (Wildman–Crippen MR) is 88.1 cm³/mol. The van der Waals surface area contributed by atoms with Crippen molar-refractivity contribution in [3.05, 3.63) is 16.6 Å². The van der Waals surface area contributed by atoms with Crippen LogP contribution in [0.5, 0.6) is 0 Å². The topological polar surface area (TPSA) is 77.7 Å². The minimum atomic E-state index is -0.863. The maximum atomic E-state index is 13.1. The van der Waals surface area contributed by atoms with Crippen molar-refractivity contribution in [2.24, 2.45) is 11.1 Å². The van der Waals surface area contributed by atoms with Gasteiger partial charge in [0.1, 0.15) is 16.7 Å². The Balaban J connectivity index is 1.70. The summed E-state index contributed by atoms with van der Waals surface area (Å²) >= 11 is 1.55. The van der Waals surface area contributed by atoms with E-state index < -0.39 is 5.54 Å². The van der Waals surface area contributed by atoms with Crippen LogP contribution in [-0.4, -0.2) is 53.7 Å². The Morgan fingerprint density at radius 1 is 1.61 bits per heavy atom. The van der Waals surface area contributed by atoms with Crippen molar-refractivity contribution in [3.63, 3.8) is 0 Å². The maximum Gasteiger partial charge on any atom is 0.243 e.